The summed E-state index contributed by atoms with van der Waals surface area (Å²) in [4.78, 5) is 0.286. The van der Waals surface area contributed by atoms with Crippen LogP contribution in [0.15, 0.2) is 41.3 Å². The van der Waals surface area contributed by atoms with E-state index in [1.165, 1.54) is 0 Å². The van der Waals surface area contributed by atoms with Crippen LogP contribution in [0, 0.1) is 0 Å². The number of hydrogen-bond acceptors (Lipinski definition) is 3. The van der Waals surface area contributed by atoms with E-state index in [4.69, 9.17) is 4.74 Å². The quantitative estimate of drug-likeness (QED) is 0.922. The molecule has 0 radical (unpaired) electrons. The topological polar surface area (TPSA) is 55.4 Å². The van der Waals surface area contributed by atoms with Gasteiger partial charge in [0, 0.05) is 16.8 Å². The Morgan fingerprint density at radius 3 is 2.40 bits per heavy atom. The van der Waals surface area contributed by atoms with Crippen molar-refractivity contribution < 1.29 is 13.2 Å². The molecule has 0 unspecified atom stereocenters. The molecule has 0 spiro atoms. The van der Waals surface area contributed by atoms with Crippen LogP contribution in [0.5, 0.6) is 5.75 Å². The fourth-order valence-electron chi connectivity index (χ4n) is 2.07. The molecule has 108 valence electrons. The first-order valence-corrected chi connectivity index (χ1v) is 8.06. The zero-order valence-electron chi connectivity index (χ0n) is 11.9. The third-order valence-electron chi connectivity index (χ3n) is 3.32. The van der Waals surface area contributed by atoms with Crippen molar-refractivity contribution >= 4 is 20.8 Å². The first kappa shape index (κ1) is 14.8. The Morgan fingerprint density at radius 1 is 1.15 bits per heavy atom. The molecule has 2 aromatic rings. The number of methoxy groups -OCH3 is 1. The van der Waals surface area contributed by atoms with Gasteiger partial charge in [0.05, 0.1) is 12.0 Å². The van der Waals surface area contributed by atoms with Gasteiger partial charge < -0.3 is 4.74 Å². The minimum Gasteiger partial charge on any atom is -0.496 e. The standard InChI is InChI=1S/C15H19NO3S/c1-4-11(2)16-20(17,18)15-10-9-14(19-3)12-7-5-6-8-13(12)15/h5-11,16H,4H2,1-3H3/t11-/m1/s1. The van der Waals surface area contributed by atoms with Crippen molar-refractivity contribution in [2.45, 2.75) is 31.2 Å². The van der Waals surface area contributed by atoms with Gasteiger partial charge in [0.1, 0.15) is 5.75 Å². The zero-order chi connectivity index (χ0) is 14.8. The van der Waals surface area contributed by atoms with E-state index in [1.807, 2.05) is 32.0 Å². The van der Waals surface area contributed by atoms with Crippen molar-refractivity contribution in [3.63, 3.8) is 0 Å². The van der Waals surface area contributed by atoms with Crippen molar-refractivity contribution in [1.82, 2.24) is 4.72 Å². The second-order valence-electron chi connectivity index (χ2n) is 4.74. The van der Waals surface area contributed by atoms with Crippen LogP contribution < -0.4 is 9.46 Å². The Bertz CT molecular complexity index is 710. The maximum Gasteiger partial charge on any atom is 0.241 e. The predicted octanol–water partition coefficient (Wildman–Crippen LogP) is 2.93. The van der Waals surface area contributed by atoms with Crippen LogP contribution in [-0.2, 0) is 10.0 Å². The van der Waals surface area contributed by atoms with Crippen molar-refractivity contribution in [3.05, 3.63) is 36.4 Å². The maximum absolute atomic E-state index is 12.5. The number of nitrogens with one attached hydrogen (secondary N) is 1. The van der Waals surface area contributed by atoms with Crippen LogP contribution >= 0.6 is 0 Å². The lowest BCUT2D eigenvalue weighted by Crippen LogP contribution is -2.32. The number of rotatable bonds is 5. The molecule has 5 heteroatoms. The fourth-order valence-corrected chi connectivity index (χ4v) is 3.61. The third-order valence-corrected chi connectivity index (χ3v) is 4.97. The van der Waals surface area contributed by atoms with Crippen LogP contribution in [0.3, 0.4) is 0 Å². The van der Waals surface area contributed by atoms with Gasteiger partial charge in [-0.05, 0) is 25.5 Å². The molecule has 1 atom stereocenters. The van der Waals surface area contributed by atoms with E-state index >= 15 is 0 Å². The molecular formula is C15H19NO3S. The first-order chi connectivity index (χ1) is 9.49. The van der Waals surface area contributed by atoms with Crippen LogP contribution in [0.2, 0.25) is 0 Å². The van der Waals surface area contributed by atoms with Gasteiger partial charge in [-0.3, -0.25) is 0 Å². The minimum absolute atomic E-state index is 0.0964. The highest BCUT2D eigenvalue weighted by atomic mass is 32.2. The van der Waals surface area contributed by atoms with Crippen molar-refractivity contribution in [2.24, 2.45) is 0 Å². The smallest absolute Gasteiger partial charge is 0.241 e. The summed E-state index contributed by atoms with van der Waals surface area (Å²) < 4.78 is 32.9. The molecule has 0 aromatic heterocycles. The largest absolute Gasteiger partial charge is 0.496 e. The minimum atomic E-state index is -3.53. The van der Waals surface area contributed by atoms with Crippen molar-refractivity contribution in [1.29, 1.82) is 0 Å². The molecule has 2 rings (SSSR count). The first-order valence-electron chi connectivity index (χ1n) is 6.57. The Kier molecular flexibility index (Phi) is 4.30. The molecule has 0 amide bonds. The molecule has 0 aliphatic heterocycles. The summed E-state index contributed by atoms with van der Waals surface area (Å²) in [6, 6.07) is 10.5. The van der Waals surface area contributed by atoms with E-state index in [-0.39, 0.29) is 10.9 Å². The van der Waals surface area contributed by atoms with E-state index in [9.17, 15) is 8.42 Å². The van der Waals surface area contributed by atoms with E-state index in [0.717, 1.165) is 11.8 Å². The second kappa shape index (κ2) is 5.81. The average molecular weight is 293 g/mol. The summed E-state index contributed by atoms with van der Waals surface area (Å²) in [7, 11) is -1.95. The predicted molar refractivity (Wildman–Crippen MR) is 80.6 cm³/mol. The molecule has 0 saturated heterocycles. The molecule has 20 heavy (non-hydrogen) atoms. The van der Waals surface area contributed by atoms with Crippen LogP contribution in [0.25, 0.3) is 10.8 Å². The van der Waals surface area contributed by atoms with Crippen molar-refractivity contribution in [2.75, 3.05) is 7.11 Å². The molecule has 4 nitrogen and oxygen atoms in total. The monoisotopic (exact) mass is 293 g/mol. The molecule has 0 bridgehead atoms. The van der Waals surface area contributed by atoms with E-state index in [1.54, 1.807) is 25.3 Å². The number of hydrogen-bond donors (Lipinski definition) is 1. The summed E-state index contributed by atoms with van der Waals surface area (Å²) in [5.41, 5.74) is 0. The Balaban J connectivity index is 2.61. The number of benzene rings is 2. The van der Waals surface area contributed by atoms with Gasteiger partial charge in [0.15, 0.2) is 0 Å². The third kappa shape index (κ3) is 2.78. The van der Waals surface area contributed by atoms with Gasteiger partial charge in [0.2, 0.25) is 10.0 Å². The fraction of sp³-hybridized carbons (Fsp3) is 0.333. The van der Waals surface area contributed by atoms with Gasteiger partial charge in [0.25, 0.3) is 0 Å². The lowest BCUT2D eigenvalue weighted by molar-refractivity contribution is 0.419. The molecular weight excluding hydrogens is 274 g/mol. The van der Waals surface area contributed by atoms with Gasteiger partial charge >= 0.3 is 0 Å². The maximum atomic E-state index is 12.5. The van der Waals surface area contributed by atoms with Crippen LogP contribution in [0.4, 0.5) is 0 Å². The van der Waals surface area contributed by atoms with Crippen LogP contribution in [0.1, 0.15) is 20.3 Å². The second-order valence-corrected chi connectivity index (χ2v) is 6.42. The van der Waals surface area contributed by atoms with E-state index < -0.39 is 10.0 Å². The summed E-state index contributed by atoms with van der Waals surface area (Å²) in [5.74, 6) is 0.670. The van der Waals surface area contributed by atoms with E-state index in [2.05, 4.69) is 4.72 Å². The van der Waals surface area contributed by atoms with Crippen LogP contribution in [-0.4, -0.2) is 21.6 Å². The Hall–Kier alpha value is -1.59. The molecule has 1 N–H and O–H groups in total. The number of sulfonamides is 1. The Labute approximate surface area is 119 Å². The highest BCUT2D eigenvalue weighted by Gasteiger charge is 2.20. The van der Waals surface area contributed by atoms with Gasteiger partial charge in [-0.2, -0.15) is 0 Å². The highest BCUT2D eigenvalue weighted by molar-refractivity contribution is 7.89. The lowest BCUT2D eigenvalue weighted by atomic mass is 10.1. The molecule has 0 aliphatic rings. The Morgan fingerprint density at radius 2 is 1.80 bits per heavy atom. The molecule has 0 heterocycles. The summed E-state index contributed by atoms with van der Waals surface area (Å²) in [5, 5.41) is 1.46. The van der Waals surface area contributed by atoms with Gasteiger partial charge in [-0.15, -0.1) is 0 Å². The number of ether oxygens (including phenoxy) is 1. The SMILES string of the molecule is CC[C@@H](C)NS(=O)(=O)c1ccc(OC)c2ccccc12. The lowest BCUT2D eigenvalue weighted by Gasteiger charge is -2.15. The van der Waals surface area contributed by atoms with Gasteiger partial charge in [-0.1, -0.05) is 31.2 Å². The molecule has 0 fully saturated rings. The highest BCUT2D eigenvalue weighted by Crippen LogP contribution is 2.30. The number of fused-ring (bicyclic) bond motifs is 1. The summed E-state index contributed by atoms with van der Waals surface area (Å²) >= 11 is 0. The summed E-state index contributed by atoms with van der Waals surface area (Å²) in [6.07, 6.45) is 0.743. The van der Waals surface area contributed by atoms with Crippen molar-refractivity contribution in [3.8, 4) is 5.75 Å². The van der Waals surface area contributed by atoms with E-state index in [0.29, 0.717) is 11.1 Å². The van der Waals surface area contributed by atoms with Gasteiger partial charge in [-0.25, -0.2) is 13.1 Å². The molecule has 2 aromatic carbocycles. The zero-order valence-corrected chi connectivity index (χ0v) is 12.7. The molecule has 0 aliphatic carbocycles. The average Bonchev–Trinajstić information content (AvgIpc) is 2.45. The molecule has 0 saturated carbocycles. The summed E-state index contributed by atoms with van der Waals surface area (Å²) in [6.45, 7) is 3.79. The normalized spacial score (nSPS) is 13.3.